The molecule has 0 aliphatic carbocycles. The smallest absolute Gasteiger partial charge is 0.122 e. The molecule has 1 aromatic heterocycles. The fraction of sp³-hybridized carbons (Fsp3) is 0.727. The summed E-state index contributed by atoms with van der Waals surface area (Å²) in [6, 6.07) is 0. The molecule has 1 heterocycles. The highest BCUT2D eigenvalue weighted by molar-refractivity contribution is 7.11. The van der Waals surface area contributed by atoms with E-state index >= 15 is 0 Å². The van der Waals surface area contributed by atoms with Crippen LogP contribution in [0.3, 0.4) is 0 Å². The summed E-state index contributed by atoms with van der Waals surface area (Å²) in [6.45, 7) is 8.09. The maximum absolute atomic E-state index is 9.42. The molecule has 0 radical (unpaired) electrons. The van der Waals surface area contributed by atoms with Gasteiger partial charge in [0.15, 0.2) is 0 Å². The first-order valence-electron chi connectivity index (χ1n) is 5.02. The first-order chi connectivity index (χ1) is 6.86. The Balaban J connectivity index is 2.93. The Bertz CT molecular complexity index is 315. The summed E-state index contributed by atoms with van der Waals surface area (Å²) in [7, 11) is 1.69. The predicted octanol–water partition coefficient (Wildman–Crippen LogP) is 2.93. The van der Waals surface area contributed by atoms with Gasteiger partial charge in [-0.3, -0.25) is 0 Å². The van der Waals surface area contributed by atoms with E-state index in [1.54, 1.807) is 20.2 Å². The lowest BCUT2D eigenvalue weighted by atomic mass is 9.89. The van der Waals surface area contributed by atoms with Gasteiger partial charge in [0.1, 0.15) is 11.1 Å². The van der Waals surface area contributed by atoms with E-state index < -0.39 is 6.10 Å². The largest absolute Gasteiger partial charge is 0.388 e. The molecular formula is C11H19NO2S. The van der Waals surface area contributed by atoms with Crippen molar-refractivity contribution in [2.45, 2.75) is 39.9 Å². The molecule has 0 aliphatic rings. The van der Waals surface area contributed by atoms with Crippen LogP contribution in [0.25, 0.3) is 0 Å². The minimum absolute atomic E-state index is 0.0164. The normalized spacial score (nSPS) is 16.4. The number of ether oxygens (including phenoxy) is 1. The SMILES string of the molecule is COC(c1ncc(C(C)O)s1)C(C)(C)C. The lowest BCUT2D eigenvalue weighted by Crippen LogP contribution is -2.19. The molecule has 0 saturated heterocycles. The average molecular weight is 229 g/mol. The van der Waals surface area contributed by atoms with Crippen molar-refractivity contribution in [2.24, 2.45) is 5.41 Å². The Kier molecular flexibility index (Phi) is 3.87. The molecule has 86 valence electrons. The van der Waals surface area contributed by atoms with E-state index in [4.69, 9.17) is 4.74 Å². The number of hydrogen-bond acceptors (Lipinski definition) is 4. The van der Waals surface area contributed by atoms with E-state index in [2.05, 4.69) is 25.8 Å². The summed E-state index contributed by atoms with van der Waals surface area (Å²) in [5.41, 5.74) is 0.0164. The van der Waals surface area contributed by atoms with Crippen molar-refractivity contribution in [1.29, 1.82) is 0 Å². The van der Waals surface area contributed by atoms with Gasteiger partial charge in [-0.05, 0) is 12.3 Å². The van der Waals surface area contributed by atoms with Crippen molar-refractivity contribution in [3.63, 3.8) is 0 Å². The quantitative estimate of drug-likeness (QED) is 0.866. The Labute approximate surface area is 95.1 Å². The van der Waals surface area contributed by atoms with Crippen molar-refractivity contribution in [3.8, 4) is 0 Å². The van der Waals surface area contributed by atoms with E-state index in [0.717, 1.165) is 9.88 Å². The maximum atomic E-state index is 9.42. The third kappa shape index (κ3) is 3.00. The van der Waals surface area contributed by atoms with Crippen LogP contribution >= 0.6 is 11.3 Å². The first-order valence-corrected chi connectivity index (χ1v) is 5.84. The first kappa shape index (κ1) is 12.6. The Morgan fingerprint density at radius 1 is 1.47 bits per heavy atom. The fourth-order valence-electron chi connectivity index (χ4n) is 1.44. The highest BCUT2D eigenvalue weighted by Gasteiger charge is 2.29. The van der Waals surface area contributed by atoms with Gasteiger partial charge in [-0.1, -0.05) is 20.8 Å². The van der Waals surface area contributed by atoms with E-state index in [-0.39, 0.29) is 11.5 Å². The van der Waals surface area contributed by atoms with Crippen LogP contribution in [0.1, 0.15) is 49.8 Å². The van der Waals surface area contributed by atoms with Gasteiger partial charge in [-0.2, -0.15) is 0 Å². The van der Waals surface area contributed by atoms with Crippen molar-refractivity contribution >= 4 is 11.3 Å². The maximum Gasteiger partial charge on any atom is 0.122 e. The lowest BCUT2D eigenvalue weighted by Gasteiger charge is -2.27. The second-order valence-corrected chi connectivity index (χ2v) is 5.85. The summed E-state index contributed by atoms with van der Waals surface area (Å²) < 4.78 is 5.46. The molecule has 0 aliphatic heterocycles. The number of aliphatic hydroxyl groups is 1. The van der Waals surface area contributed by atoms with Gasteiger partial charge in [0, 0.05) is 13.3 Å². The summed E-state index contributed by atoms with van der Waals surface area (Å²) in [5, 5.41) is 10.4. The molecule has 0 saturated carbocycles. The van der Waals surface area contributed by atoms with Crippen LogP contribution in [-0.4, -0.2) is 17.2 Å². The third-order valence-corrected chi connectivity index (χ3v) is 3.41. The number of rotatable bonds is 3. The zero-order valence-electron chi connectivity index (χ0n) is 9.94. The molecule has 0 spiro atoms. The van der Waals surface area contributed by atoms with Crippen LogP contribution in [0.5, 0.6) is 0 Å². The van der Waals surface area contributed by atoms with Gasteiger partial charge < -0.3 is 9.84 Å². The van der Waals surface area contributed by atoms with Crippen molar-refractivity contribution in [1.82, 2.24) is 4.98 Å². The molecule has 4 heteroatoms. The number of aromatic nitrogens is 1. The number of hydrogen-bond donors (Lipinski definition) is 1. The molecule has 1 aromatic rings. The Morgan fingerprint density at radius 3 is 2.40 bits per heavy atom. The molecule has 1 rings (SSSR count). The third-order valence-electron chi connectivity index (χ3n) is 2.20. The highest BCUT2D eigenvalue weighted by Crippen LogP contribution is 2.38. The molecule has 2 unspecified atom stereocenters. The minimum Gasteiger partial charge on any atom is -0.388 e. The predicted molar refractivity (Wildman–Crippen MR) is 62.0 cm³/mol. The van der Waals surface area contributed by atoms with Crippen molar-refractivity contribution in [2.75, 3.05) is 7.11 Å². The van der Waals surface area contributed by atoms with Gasteiger partial charge in [0.2, 0.25) is 0 Å². The number of aliphatic hydroxyl groups excluding tert-OH is 1. The van der Waals surface area contributed by atoms with Crippen LogP contribution in [0.2, 0.25) is 0 Å². The molecule has 3 nitrogen and oxygen atoms in total. The summed E-state index contributed by atoms with van der Waals surface area (Å²) in [5.74, 6) is 0. The second-order valence-electron chi connectivity index (χ2n) is 4.76. The van der Waals surface area contributed by atoms with Gasteiger partial charge in [-0.15, -0.1) is 11.3 Å². The van der Waals surface area contributed by atoms with Crippen LogP contribution in [0, 0.1) is 5.41 Å². The zero-order valence-corrected chi connectivity index (χ0v) is 10.8. The van der Waals surface area contributed by atoms with Crippen molar-refractivity contribution in [3.05, 3.63) is 16.1 Å². The molecule has 0 amide bonds. The van der Waals surface area contributed by atoms with E-state index in [1.165, 1.54) is 11.3 Å². The molecular weight excluding hydrogens is 210 g/mol. The fourth-order valence-corrected chi connectivity index (χ4v) is 2.62. The molecule has 15 heavy (non-hydrogen) atoms. The Morgan fingerprint density at radius 2 is 2.07 bits per heavy atom. The molecule has 2 atom stereocenters. The van der Waals surface area contributed by atoms with Gasteiger partial charge in [0.25, 0.3) is 0 Å². The van der Waals surface area contributed by atoms with Crippen LogP contribution in [0.4, 0.5) is 0 Å². The lowest BCUT2D eigenvalue weighted by molar-refractivity contribution is 0.0150. The second kappa shape index (κ2) is 4.60. The van der Waals surface area contributed by atoms with Crippen LogP contribution in [-0.2, 0) is 4.74 Å². The topological polar surface area (TPSA) is 42.4 Å². The molecule has 0 fully saturated rings. The summed E-state index contributed by atoms with van der Waals surface area (Å²) in [6.07, 6.45) is 1.26. The van der Waals surface area contributed by atoms with Crippen molar-refractivity contribution < 1.29 is 9.84 Å². The van der Waals surface area contributed by atoms with E-state index in [1.807, 2.05) is 0 Å². The van der Waals surface area contributed by atoms with Gasteiger partial charge >= 0.3 is 0 Å². The van der Waals surface area contributed by atoms with E-state index in [0.29, 0.717) is 0 Å². The van der Waals surface area contributed by atoms with Gasteiger partial charge in [-0.25, -0.2) is 4.98 Å². The van der Waals surface area contributed by atoms with Gasteiger partial charge in [0.05, 0.1) is 11.0 Å². The Hall–Kier alpha value is -0.450. The highest BCUT2D eigenvalue weighted by atomic mass is 32.1. The molecule has 1 N–H and O–H groups in total. The summed E-state index contributed by atoms with van der Waals surface area (Å²) in [4.78, 5) is 5.19. The standard InChI is InChI=1S/C11H19NO2S/c1-7(13)8-6-12-10(15-8)9(14-5)11(2,3)4/h6-7,9,13H,1-5H3. The number of methoxy groups -OCH3 is 1. The van der Waals surface area contributed by atoms with Crippen LogP contribution in [0.15, 0.2) is 6.20 Å². The molecule has 0 aromatic carbocycles. The minimum atomic E-state index is -0.450. The number of thiazole rings is 1. The van der Waals surface area contributed by atoms with E-state index in [9.17, 15) is 5.11 Å². The summed E-state index contributed by atoms with van der Waals surface area (Å²) >= 11 is 1.51. The monoisotopic (exact) mass is 229 g/mol. The zero-order chi connectivity index (χ0) is 11.6. The number of nitrogens with zero attached hydrogens (tertiary/aromatic N) is 1. The average Bonchev–Trinajstić information content (AvgIpc) is 2.51. The molecule has 0 bridgehead atoms. The van der Waals surface area contributed by atoms with Crippen LogP contribution < -0.4 is 0 Å².